The first-order valence-electron chi connectivity index (χ1n) is 5.17. The Morgan fingerprint density at radius 2 is 2.46 bits per heavy atom. The standard InChI is InChI=1S/C10H15N3/c1-2-8(1)5-10-12-7-9-6-11-3-4-13(9)10/h7-8,11H,1-6H2. The highest BCUT2D eigenvalue weighted by Gasteiger charge is 2.24. The van der Waals surface area contributed by atoms with Crippen LogP contribution in [0, 0.1) is 5.92 Å². The lowest BCUT2D eigenvalue weighted by Gasteiger charge is -2.17. The van der Waals surface area contributed by atoms with Crippen molar-refractivity contribution < 1.29 is 0 Å². The van der Waals surface area contributed by atoms with Crippen LogP contribution >= 0.6 is 0 Å². The fourth-order valence-corrected chi connectivity index (χ4v) is 2.02. The molecular weight excluding hydrogens is 162 g/mol. The number of hydrogen-bond donors (Lipinski definition) is 1. The summed E-state index contributed by atoms with van der Waals surface area (Å²) in [6.07, 6.45) is 6.07. The van der Waals surface area contributed by atoms with Gasteiger partial charge in [0.25, 0.3) is 0 Å². The van der Waals surface area contributed by atoms with Crippen LogP contribution < -0.4 is 5.32 Å². The van der Waals surface area contributed by atoms with Crippen LogP contribution in [-0.2, 0) is 19.5 Å². The van der Waals surface area contributed by atoms with Crippen LogP contribution in [-0.4, -0.2) is 16.1 Å². The third-order valence-corrected chi connectivity index (χ3v) is 3.01. The van der Waals surface area contributed by atoms with E-state index in [4.69, 9.17) is 0 Å². The molecule has 0 spiro atoms. The Hall–Kier alpha value is -0.830. The van der Waals surface area contributed by atoms with Crippen molar-refractivity contribution in [3.8, 4) is 0 Å². The highest BCUT2D eigenvalue weighted by Crippen LogP contribution is 2.32. The summed E-state index contributed by atoms with van der Waals surface area (Å²) >= 11 is 0. The molecule has 2 heterocycles. The highest BCUT2D eigenvalue weighted by atomic mass is 15.1. The number of nitrogens with one attached hydrogen (secondary N) is 1. The average molecular weight is 177 g/mol. The van der Waals surface area contributed by atoms with Crippen LogP contribution in [0.3, 0.4) is 0 Å². The van der Waals surface area contributed by atoms with Crippen molar-refractivity contribution in [3.63, 3.8) is 0 Å². The quantitative estimate of drug-likeness (QED) is 0.728. The number of hydrogen-bond acceptors (Lipinski definition) is 2. The lowest BCUT2D eigenvalue weighted by molar-refractivity contribution is 0.496. The molecule has 1 saturated carbocycles. The van der Waals surface area contributed by atoms with E-state index in [1.807, 2.05) is 6.20 Å². The Labute approximate surface area is 78.2 Å². The molecule has 3 heteroatoms. The van der Waals surface area contributed by atoms with Gasteiger partial charge in [0.1, 0.15) is 5.82 Å². The molecule has 0 radical (unpaired) electrons. The molecule has 1 aliphatic heterocycles. The average Bonchev–Trinajstić information content (AvgIpc) is 2.88. The largest absolute Gasteiger partial charge is 0.330 e. The molecular formula is C10H15N3. The Kier molecular flexibility index (Phi) is 1.65. The molecule has 1 N–H and O–H groups in total. The van der Waals surface area contributed by atoms with E-state index in [1.54, 1.807) is 0 Å². The zero-order valence-corrected chi connectivity index (χ0v) is 7.79. The Morgan fingerprint density at radius 3 is 3.31 bits per heavy atom. The van der Waals surface area contributed by atoms with Crippen molar-refractivity contribution >= 4 is 0 Å². The Morgan fingerprint density at radius 1 is 1.54 bits per heavy atom. The van der Waals surface area contributed by atoms with Gasteiger partial charge >= 0.3 is 0 Å². The van der Waals surface area contributed by atoms with Gasteiger partial charge in [-0.05, 0) is 18.8 Å². The van der Waals surface area contributed by atoms with E-state index in [9.17, 15) is 0 Å². The Bertz CT molecular complexity index is 312. The fraction of sp³-hybridized carbons (Fsp3) is 0.700. The number of aromatic nitrogens is 2. The maximum absolute atomic E-state index is 4.50. The predicted octanol–water partition coefficient (Wildman–Crippen LogP) is 0.939. The molecule has 13 heavy (non-hydrogen) atoms. The second-order valence-electron chi connectivity index (χ2n) is 4.14. The lowest BCUT2D eigenvalue weighted by atomic mass is 10.2. The number of nitrogens with zero attached hydrogens (tertiary/aromatic N) is 2. The van der Waals surface area contributed by atoms with Crippen molar-refractivity contribution in [3.05, 3.63) is 17.7 Å². The van der Waals surface area contributed by atoms with Gasteiger partial charge in [0, 0.05) is 32.3 Å². The van der Waals surface area contributed by atoms with Gasteiger partial charge in [-0.2, -0.15) is 0 Å². The zero-order valence-electron chi connectivity index (χ0n) is 7.79. The molecule has 1 aromatic rings. The third-order valence-electron chi connectivity index (χ3n) is 3.01. The molecule has 1 aromatic heterocycles. The summed E-state index contributed by atoms with van der Waals surface area (Å²) < 4.78 is 2.40. The molecule has 0 aromatic carbocycles. The van der Waals surface area contributed by atoms with E-state index in [2.05, 4.69) is 14.9 Å². The van der Waals surface area contributed by atoms with Gasteiger partial charge in [-0.25, -0.2) is 4.98 Å². The molecule has 1 aliphatic carbocycles. The summed E-state index contributed by atoms with van der Waals surface area (Å²) in [5.41, 5.74) is 1.36. The van der Waals surface area contributed by atoms with Gasteiger partial charge in [0.15, 0.2) is 0 Å². The molecule has 70 valence electrons. The Balaban J connectivity index is 1.86. The van der Waals surface area contributed by atoms with Crippen molar-refractivity contribution in [1.29, 1.82) is 0 Å². The van der Waals surface area contributed by atoms with E-state index in [0.29, 0.717) is 0 Å². The van der Waals surface area contributed by atoms with E-state index < -0.39 is 0 Å². The van der Waals surface area contributed by atoms with Crippen LogP contribution in [0.2, 0.25) is 0 Å². The smallest absolute Gasteiger partial charge is 0.109 e. The maximum Gasteiger partial charge on any atom is 0.109 e. The van der Waals surface area contributed by atoms with Crippen molar-refractivity contribution in [2.45, 2.75) is 32.4 Å². The number of imidazole rings is 1. The molecule has 3 rings (SSSR count). The normalized spacial score (nSPS) is 21.5. The predicted molar refractivity (Wildman–Crippen MR) is 50.4 cm³/mol. The summed E-state index contributed by atoms with van der Waals surface area (Å²) in [5, 5.41) is 3.36. The number of fused-ring (bicyclic) bond motifs is 1. The minimum Gasteiger partial charge on any atom is -0.330 e. The molecule has 0 saturated heterocycles. The molecule has 2 aliphatic rings. The zero-order chi connectivity index (χ0) is 8.67. The SMILES string of the molecule is c1nc(CC2CC2)n2c1CNCC2. The van der Waals surface area contributed by atoms with Crippen LogP contribution in [0.4, 0.5) is 0 Å². The summed E-state index contributed by atoms with van der Waals surface area (Å²) in [4.78, 5) is 4.50. The van der Waals surface area contributed by atoms with Crippen LogP contribution in [0.15, 0.2) is 6.20 Å². The monoisotopic (exact) mass is 177 g/mol. The van der Waals surface area contributed by atoms with Gasteiger partial charge in [-0.1, -0.05) is 0 Å². The van der Waals surface area contributed by atoms with E-state index in [-0.39, 0.29) is 0 Å². The van der Waals surface area contributed by atoms with Crippen LogP contribution in [0.1, 0.15) is 24.4 Å². The fourth-order valence-electron chi connectivity index (χ4n) is 2.02. The third kappa shape index (κ3) is 1.37. The first-order valence-corrected chi connectivity index (χ1v) is 5.17. The minimum absolute atomic E-state index is 0.946. The molecule has 0 atom stereocenters. The lowest BCUT2D eigenvalue weighted by Crippen LogP contribution is -2.28. The topological polar surface area (TPSA) is 29.9 Å². The second kappa shape index (κ2) is 2.84. The summed E-state index contributed by atoms with van der Waals surface area (Å²) in [6, 6.07) is 0. The van der Waals surface area contributed by atoms with Gasteiger partial charge in [0.05, 0.1) is 5.69 Å². The van der Waals surface area contributed by atoms with E-state index in [1.165, 1.54) is 30.8 Å². The molecule has 0 unspecified atom stereocenters. The maximum atomic E-state index is 4.50. The van der Waals surface area contributed by atoms with Gasteiger partial charge < -0.3 is 9.88 Å². The van der Waals surface area contributed by atoms with Crippen molar-refractivity contribution in [2.24, 2.45) is 5.92 Å². The molecule has 0 bridgehead atoms. The van der Waals surface area contributed by atoms with Crippen molar-refractivity contribution in [2.75, 3.05) is 6.54 Å². The summed E-state index contributed by atoms with van der Waals surface area (Å²) in [5.74, 6) is 2.26. The van der Waals surface area contributed by atoms with E-state index >= 15 is 0 Å². The number of rotatable bonds is 2. The van der Waals surface area contributed by atoms with Gasteiger partial charge in [0.2, 0.25) is 0 Å². The highest BCUT2D eigenvalue weighted by molar-refractivity contribution is 5.09. The van der Waals surface area contributed by atoms with Crippen LogP contribution in [0.25, 0.3) is 0 Å². The summed E-state index contributed by atoms with van der Waals surface area (Å²) in [7, 11) is 0. The molecule has 0 amide bonds. The first kappa shape index (κ1) is 7.56. The second-order valence-corrected chi connectivity index (χ2v) is 4.14. The molecule has 3 nitrogen and oxygen atoms in total. The first-order chi connectivity index (χ1) is 6.43. The minimum atomic E-state index is 0.946. The van der Waals surface area contributed by atoms with Gasteiger partial charge in [-0.3, -0.25) is 0 Å². The molecule has 1 fully saturated rings. The van der Waals surface area contributed by atoms with Gasteiger partial charge in [-0.15, -0.1) is 0 Å². The van der Waals surface area contributed by atoms with Crippen molar-refractivity contribution in [1.82, 2.24) is 14.9 Å². The van der Waals surface area contributed by atoms with E-state index in [0.717, 1.165) is 25.6 Å². The van der Waals surface area contributed by atoms with Crippen LogP contribution in [0.5, 0.6) is 0 Å². The summed E-state index contributed by atoms with van der Waals surface area (Å²) in [6.45, 7) is 3.20.